The van der Waals surface area contributed by atoms with E-state index in [0.717, 1.165) is 19.3 Å². The van der Waals surface area contributed by atoms with Gasteiger partial charge in [-0.15, -0.1) is 23.4 Å². The first-order chi connectivity index (χ1) is 13.2. The van der Waals surface area contributed by atoms with E-state index >= 15 is 0 Å². The van der Waals surface area contributed by atoms with Gasteiger partial charge < -0.3 is 11.1 Å². The van der Waals surface area contributed by atoms with Gasteiger partial charge in [0.1, 0.15) is 16.9 Å². The van der Waals surface area contributed by atoms with Crippen molar-refractivity contribution in [3.63, 3.8) is 0 Å². The molecule has 0 radical (unpaired) electrons. The van der Waals surface area contributed by atoms with Crippen molar-refractivity contribution in [1.82, 2.24) is 21.3 Å². The van der Waals surface area contributed by atoms with Gasteiger partial charge in [-0.3, -0.25) is 25.5 Å². The fourth-order valence-electron chi connectivity index (χ4n) is 4.47. The molecule has 9 heteroatoms. The topological polar surface area (TPSA) is 108 Å². The molecule has 2 saturated heterocycles. The number of nitrogens with two attached hydrogens (primary N) is 1. The third-order valence-corrected chi connectivity index (χ3v) is 8.03. The molecule has 0 aromatic heterocycles. The van der Waals surface area contributed by atoms with Crippen molar-refractivity contribution in [2.24, 2.45) is 23.5 Å². The van der Waals surface area contributed by atoms with E-state index in [4.69, 9.17) is 17.3 Å². The van der Waals surface area contributed by atoms with Crippen molar-refractivity contribution < 1.29 is 9.59 Å². The summed E-state index contributed by atoms with van der Waals surface area (Å²) < 4.78 is 0. The number of thioether (sulfide) groups is 1. The monoisotopic (exact) mass is 431 g/mol. The van der Waals surface area contributed by atoms with Gasteiger partial charge in [-0.25, -0.2) is 0 Å². The molecule has 9 atom stereocenters. The molecule has 3 aliphatic rings. The molecule has 1 saturated carbocycles. The molecular formula is C19H34ClN5O2S. The van der Waals surface area contributed by atoms with Gasteiger partial charge in [0.15, 0.2) is 0 Å². The summed E-state index contributed by atoms with van der Waals surface area (Å²) >= 11 is 7.87. The molecule has 0 spiro atoms. The molecule has 1 aliphatic carbocycles. The predicted octanol–water partition coefficient (Wildman–Crippen LogP) is 1.27. The molecular weight excluding hydrogens is 398 g/mol. The van der Waals surface area contributed by atoms with Crippen molar-refractivity contribution in [3.8, 4) is 0 Å². The van der Waals surface area contributed by atoms with Crippen LogP contribution in [0.4, 0.5) is 0 Å². The zero-order valence-corrected chi connectivity index (χ0v) is 18.5. The van der Waals surface area contributed by atoms with Gasteiger partial charge in [0.05, 0.1) is 11.4 Å². The molecule has 0 bridgehead atoms. The quantitative estimate of drug-likeness (QED) is 0.331. The van der Waals surface area contributed by atoms with Crippen LogP contribution in [0.25, 0.3) is 0 Å². The molecule has 2 amide bonds. The van der Waals surface area contributed by atoms with Crippen LogP contribution < -0.4 is 27.0 Å². The highest BCUT2D eigenvalue weighted by atomic mass is 35.5. The number of piperidine rings is 1. The fraction of sp³-hybridized carbons (Fsp3) is 0.895. The van der Waals surface area contributed by atoms with Crippen LogP contribution in [0.2, 0.25) is 0 Å². The first kappa shape index (κ1) is 22.2. The van der Waals surface area contributed by atoms with Gasteiger partial charge in [0, 0.05) is 12.1 Å². The molecule has 0 aromatic carbocycles. The van der Waals surface area contributed by atoms with Crippen molar-refractivity contribution in [3.05, 3.63) is 0 Å². The van der Waals surface area contributed by atoms with Gasteiger partial charge in [0.25, 0.3) is 0 Å². The first-order valence-electron chi connectivity index (χ1n) is 10.4. The van der Waals surface area contributed by atoms with Crippen LogP contribution in [0.5, 0.6) is 0 Å². The molecule has 160 valence electrons. The number of carbonyl (C=O) groups excluding carboxylic acids is 2. The Balaban J connectivity index is 1.59. The average Bonchev–Trinajstić information content (AvgIpc) is 3.00. The van der Waals surface area contributed by atoms with Crippen LogP contribution in [0, 0.1) is 17.8 Å². The number of rotatable bonds is 5. The van der Waals surface area contributed by atoms with E-state index in [2.05, 4.69) is 42.0 Å². The summed E-state index contributed by atoms with van der Waals surface area (Å²) in [7, 11) is 0. The number of nitrogens with one attached hydrogen (secondary N) is 4. The lowest BCUT2D eigenvalue weighted by molar-refractivity contribution is -0.126. The molecule has 7 nitrogen and oxygen atoms in total. The number of carbonyl (C=O) groups is 2. The minimum Gasteiger partial charge on any atom is -0.368 e. The molecule has 2 heterocycles. The highest BCUT2D eigenvalue weighted by Gasteiger charge is 2.42. The Labute approximate surface area is 177 Å². The van der Waals surface area contributed by atoms with Gasteiger partial charge in [-0.1, -0.05) is 20.3 Å². The fourth-order valence-corrected chi connectivity index (χ4v) is 6.25. The van der Waals surface area contributed by atoms with Crippen LogP contribution in [0.3, 0.4) is 0 Å². The normalized spacial score (nSPS) is 44.2. The van der Waals surface area contributed by atoms with Crippen LogP contribution in [-0.2, 0) is 9.59 Å². The molecule has 2 aliphatic heterocycles. The minimum atomic E-state index is -0.605. The second kappa shape index (κ2) is 9.51. The van der Waals surface area contributed by atoms with E-state index in [1.54, 1.807) is 0 Å². The second-order valence-electron chi connectivity index (χ2n) is 8.81. The number of halogens is 1. The third-order valence-electron chi connectivity index (χ3n) is 6.38. The molecule has 3 rings (SSSR count). The molecule has 9 unspecified atom stereocenters. The Bertz CT molecular complexity index is 583. The Kier molecular flexibility index (Phi) is 7.53. The van der Waals surface area contributed by atoms with E-state index in [-0.39, 0.29) is 17.3 Å². The Morgan fingerprint density at radius 3 is 2.54 bits per heavy atom. The van der Waals surface area contributed by atoms with Gasteiger partial charge >= 0.3 is 0 Å². The van der Waals surface area contributed by atoms with Crippen LogP contribution in [0.15, 0.2) is 0 Å². The van der Waals surface area contributed by atoms with E-state index in [0.29, 0.717) is 23.9 Å². The van der Waals surface area contributed by atoms with Crippen LogP contribution >= 0.6 is 23.4 Å². The second-order valence-corrected chi connectivity index (χ2v) is 10.5. The van der Waals surface area contributed by atoms with Gasteiger partial charge in [0.2, 0.25) is 11.8 Å². The number of hydrogen-bond donors (Lipinski definition) is 5. The summed E-state index contributed by atoms with van der Waals surface area (Å²) in [6.07, 6.45) is 5.23. The maximum Gasteiger partial charge on any atom is 0.237 e. The van der Waals surface area contributed by atoms with Crippen molar-refractivity contribution in [2.75, 3.05) is 0 Å². The van der Waals surface area contributed by atoms with Crippen molar-refractivity contribution in [1.29, 1.82) is 0 Å². The lowest BCUT2D eigenvalue weighted by atomic mass is 9.80. The maximum absolute atomic E-state index is 12.8. The van der Waals surface area contributed by atoms with Crippen LogP contribution in [-0.4, -0.2) is 46.3 Å². The van der Waals surface area contributed by atoms with Crippen molar-refractivity contribution >= 4 is 35.2 Å². The Morgan fingerprint density at radius 2 is 1.86 bits per heavy atom. The standard InChI is InChI=1S/C19H34ClN5O2S/c1-9-4-5-10(2)13(8-9)23-19-24-14(16(21)26)18(28-19)25-17(27)12-7-6-11(3)22-15(12)20/h9-15,18-19,22-24H,4-8H2,1-3H3,(H2,21,26)(H,25,27). The molecule has 6 N–H and O–H groups in total. The molecule has 0 aromatic rings. The smallest absolute Gasteiger partial charge is 0.237 e. The number of alkyl halides is 1. The summed E-state index contributed by atoms with van der Waals surface area (Å²) in [5.74, 6) is 0.407. The first-order valence-corrected chi connectivity index (χ1v) is 11.8. The largest absolute Gasteiger partial charge is 0.368 e. The molecule has 3 fully saturated rings. The van der Waals surface area contributed by atoms with Crippen molar-refractivity contribution in [2.45, 2.75) is 87.4 Å². The third kappa shape index (κ3) is 5.33. The summed E-state index contributed by atoms with van der Waals surface area (Å²) in [4.78, 5) is 24.7. The number of primary amides is 1. The average molecular weight is 432 g/mol. The van der Waals surface area contributed by atoms with Gasteiger partial charge in [-0.05, 0) is 44.4 Å². The summed E-state index contributed by atoms with van der Waals surface area (Å²) in [6, 6.07) is 0.0981. The molecule has 28 heavy (non-hydrogen) atoms. The van der Waals surface area contributed by atoms with E-state index < -0.39 is 22.8 Å². The highest BCUT2D eigenvalue weighted by Crippen LogP contribution is 2.32. The lowest BCUT2D eigenvalue weighted by Crippen LogP contribution is -2.55. The summed E-state index contributed by atoms with van der Waals surface area (Å²) in [6.45, 7) is 6.62. The van der Waals surface area contributed by atoms with E-state index in [1.165, 1.54) is 24.6 Å². The van der Waals surface area contributed by atoms with E-state index in [9.17, 15) is 9.59 Å². The van der Waals surface area contributed by atoms with E-state index in [1.807, 2.05) is 0 Å². The Hall–Kier alpha value is -0.540. The SMILES string of the molecule is CC1CCC(C)C(NC2NC(C(N)=O)C(NC(=O)C3CCC(C)NC3Cl)S2)C1. The zero-order chi connectivity index (χ0) is 20.4. The number of hydrogen-bond acceptors (Lipinski definition) is 6. The number of amides is 2. The highest BCUT2D eigenvalue weighted by molar-refractivity contribution is 8.00. The maximum atomic E-state index is 12.8. The lowest BCUT2D eigenvalue weighted by Gasteiger charge is -2.35. The summed E-state index contributed by atoms with van der Waals surface area (Å²) in [5.41, 5.74) is 5.09. The Morgan fingerprint density at radius 1 is 1.11 bits per heavy atom. The predicted molar refractivity (Wildman–Crippen MR) is 113 cm³/mol. The zero-order valence-electron chi connectivity index (χ0n) is 16.9. The summed E-state index contributed by atoms with van der Waals surface area (Å²) in [5, 5.41) is 12.7. The minimum absolute atomic E-state index is 0.114. The van der Waals surface area contributed by atoms with Gasteiger partial charge in [-0.2, -0.15) is 0 Å². The van der Waals surface area contributed by atoms with Crippen LogP contribution in [0.1, 0.15) is 52.9 Å².